The molecule has 0 aliphatic carbocycles. The fraction of sp³-hybridized carbons (Fsp3) is 0.250. The molecule has 0 unspecified atom stereocenters. The third-order valence-corrected chi connectivity index (χ3v) is 10.4. The SMILES string of the molecule is CC(C)(C)[Si](OCCCC(=O)C#Cc1ccccc1)(c1ccccc1)c1ccccc1. The first-order chi connectivity index (χ1) is 14.9. The number of Topliss-reactive ketones (excluding diaryl/α,β-unsaturated/α-hetero) is 1. The second-order valence-corrected chi connectivity index (χ2v) is 13.0. The van der Waals surface area contributed by atoms with Gasteiger partial charge < -0.3 is 4.43 Å². The number of carbonyl (C=O) groups is 1. The molecule has 0 heterocycles. The maximum absolute atomic E-state index is 12.3. The zero-order valence-corrected chi connectivity index (χ0v) is 19.6. The van der Waals surface area contributed by atoms with Gasteiger partial charge in [-0.3, -0.25) is 4.79 Å². The van der Waals surface area contributed by atoms with Gasteiger partial charge in [-0.15, -0.1) is 0 Å². The van der Waals surface area contributed by atoms with Gasteiger partial charge >= 0.3 is 0 Å². The Kier molecular flexibility index (Phi) is 7.63. The fourth-order valence-corrected chi connectivity index (χ4v) is 8.55. The molecule has 0 aromatic heterocycles. The van der Waals surface area contributed by atoms with Crippen LogP contribution in [0.4, 0.5) is 0 Å². The lowest BCUT2D eigenvalue weighted by Crippen LogP contribution is -2.66. The van der Waals surface area contributed by atoms with Crippen molar-refractivity contribution in [3.05, 3.63) is 96.6 Å². The van der Waals surface area contributed by atoms with E-state index in [1.165, 1.54) is 10.4 Å². The predicted octanol–water partition coefficient (Wildman–Crippen LogP) is 4.96. The first-order valence-corrected chi connectivity index (χ1v) is 12.7. The molecule has 0 bridgehead atoms. The first kappa shape index (κ1) is 22.7. The summed E-state index contributed by atoms with van der Waals surface area (Å²) in [7, 11) is -2.54. The molecule has 0 N–H and O–H groups in total. The Morgan fingerprint density at radius 1 is 0.806 bits per heavy atom. The van der Waals surface area contributed by atoms with Gasteiger partial charge in [-0.2, -0.15) is 0 Å². The second kappa shape index (κ2) is 10.4. The largest absolute Gasteiger partial charge is 0.407 e. The van der Waals surface area contributed by atoms with Gasteiger partial charge in [-0.1, -0.05) is 106 Å². The van der Waals surface area contributed by atoms with Crippen LogP contribution >= 0.6 is 0 Å². The lowest BCUT2D eigenvalue weighted by Gasteiger charge is -2.43. The van der Waals surface area contributed by atoms with Gasteiger partial charge in [0.2, 0.25) is 5.78 Å². The van der Waals surface area contributed by atoms with Crippen LogP contribution in [0.5, 0.6) is 0 Å². The quantitative estimate of drug-likeness (QED) is 0.303. The van der Waals surface area contributed by atoms with E-state index in [9.17, 15) is 4.79 Å². The highest BCUT2D eigenvalue weighted by Crippen LogP contribution is 2.36. The summed E-state index contributed by atoms with van der Waals surface area (Å²) in [5.74, 6) is 5.66. The van der Waals surface area contributed by atoms with Crippen LogP contribution in [0.1, 0.15) is 39.2 Å². The lowest BCUT2D eigenvalue weighted by molar-refractivity contribution is -0.114. The van der Waals surface area contributed by atoms with Gasteiger partial charge in [0.05, 0.1) is 0 Å². The van der Waals surface area contributed by atoms with Crippen molar-refractivity contribution in [1.82, 2.24) is 0 Å². The number of hydrogen-bond donors (Lipinski definition) is 0. The topological polar surface area (TPSA) is 26.3 Å². The summed E-state index contributed by atoms with van der Waals surface area (Å²) in [4.78, 5) is 12.3. The number of ketones is 1. The highest BCUT2D eigenvalue weighted by molar-refractivity contribution is 6.99. The molecule has 31 heavy (non-hydrogen) atoms. The summed E-state index contributed by atoms with van der Waals surface area (Å²) in [6, 6.07) is 30.7. The maximum Gasteiger partial charge on any atom is 0.261 e. The van der Waals surface area contributed by atoms with E-state index in [0.29, 0.717) is 19.4 Å². The van der Waals surface area contributed by atoms with Crippen molar-refractivity contribution in [2.75, 3.05) is 6.61 Å². The summed E-state index contributed by atoms with van der Waals surface area (Å²) < 4.78 is 6.82. The number of carbonyl (C=O) groups excluding carboxylic acids is 1. The van der Waals surface area contributed by atoms with E-state index in [-0.39, 0.29) is 10.8 Å². The van der Waals surface area contributed by atoms with Crippen LogP contribution in [0, 0.1) is 11.8 Å². The van der Waals surface area contributed by atoms with Gasteiger partial charge in [0.1, 0.15) is 0 Å². The fourth-order valence-electron chi connectivity index (χ4n) is 3.95. The summed E-state index contributed by atoms with van der Waals surface area (Å²) >= 11 is 0. The predicted molar refractivity (Wildman–Crippen MR) is 131 cm³/mol. The number of benzene rings is 3. The Morgan fingerprint density at radius 2 is 1.29 bits per heavy atom. The molecule has 158 valence electrons. The summed E-state index contributed by atoms with van der Waals surface area (Å²) in [6.07, 6.45) is 1.06. The molecule has 0 saturated heterocycles. The molecule has 0 saturated carbocycles. The summed E-state index contributed by atoms with van der Waals surface area (Å²) in [5, 5.41) is 2.44. The average molecular weight is 427 g/mol. The Bertz CT molecular complexity index is 987. The van der Waals surface area contributed by atoms with Crippen molar-refractivity contribution in [2.45, 2.75) is 38.7 Å². The van der Waals surface area contributed by atoms with Crippen molar-refractivity contribution in [3.8, 4) is 11.8 Å². The number of rotatable bonds is 7. The average Bonchev–Trinajstić information content (AvgIpc) is 2.79. The molecule has 0 amide bonds. The normalized spacial score (nSPS) is 11.5. The minimum absolute atomic E-state index is 0.0464. The van der Waals surface area contributed by atoms with E-state index in [4.69, 9.17) is 4.43 Å². The standard InChI is InChI=1S/C28H30O2Si/c1-28(2,3)31(26-17-9-5-10-18-26,27-19-11-6-12-20-27)30-23-13-16-25(29)22-21-24-14-7-4-8-15-24/h4-12,14-15,17-20H,13,16,23H2,1-3H3. The van der Waals surface area contributed by atoms with E-state index in [2.05, 4.69) is 81.1 Å². The van der Waals surface area contributed by atoms with Crippen molar-refractivity contribution in [3.63, 3.8) is 0 Å². The highest BCUT2D eigenvalue weighted by Gasteiger charge is 2.49. The molecule has 0 spiro atoms. The maximum atomic E-state index is 12.3. The zero-order chi connectivity index (χ0) is 22.2. The molecule has 3 rings (SSSR count). The van der Waals surface area contributed by atoms with Gasteiger partial charge in [-0.25, -0.2) is 0 Å². The summed E-state index contributed by atoms with van der Waals surface area (Å²) in [5.41, 5.74) is 0.861. The molecule has 0 fully saturated rings. The number of hydrogen-bond acceptors (Lipinski definition) is 2. The molecule has 0 radical (unpaired) electrons. The van der Waals surface area contributed by atoms with Crippen LogP contribution in [0.2, 0.25) is 5.04 Å². The lowest BCUT2D eigenvalue weighted by atomic mass is 10.2. The molecule has 0 aliphatic rings. The van der Waals surface area contributed by atoms with Gasteiger partial charge in [0, 0.05) is 18.6 Å². The molecular weight excluding hydrogens is 396 g/mol. The minimum atomic E-state index is -2.54. The Balaban J connectivity index is 1.76. The Labute approximate surface area is 187 Å². The zero-order valence-electron chi connectivity index (χ0n) is 18.6. The van der Waals surface area contributed by atoms with Crippen LogP contribution in [0.15, 0.2) is 91.0 Å². The van der Waals surface area contributed by atoms with Gasteiger partial charge in [-0.05, 0) is 39.9 Å². The van der Waals surface area contributed by atoms with E-state index in [1.807, 2.05) is 42.5 Å². The smallest absolute Gasteiger partial charge is 0.261 e. The van der Waals surface area contributed by atoms with Crippen LogP contribution in [-0.4, -0.2) is 20.7 Å². The van der Waals surface area contributed by atoms with Crippen LogP contribution in [0.25, 0.3) is 0 Å². The van der Waals surface area contributed by atoms with Crippen LogP contribution < -0.4 is 10.4 Å². The van der Waals surface area contributed by atoms with Gasteiger partial charge in [0.15, 0.2) is 0 Å². The molecule has 2 nitrogen and oxygen atoms in total. The van der Waals surface area contributed by atoms with E-state index in [1.54, 1.807) is 0 Å². The van der Waals surface area contributed by atoms with E-state index < -0.39 is 8.32 Å². The molecule has 3 aromatic rings. The highest BCUT2D eigenvalue weighted by atomic mass is 28.4. The third kappa shape index (κ3) is 5.61. The second-order valence-electron chi connectivity index (χ2n) is 8.65. The van der Waals surface area contributed by atoms with E-state index in [0.717, 1.165) is 5.56 Å². The summed E-state index contributed by atoms with van der Waals surface area (Å²) in [6.45, 7) is 7.31. The molecular formula is C28H30O2Si. The minimum Gasteiger partial charge on any atom is -0.407 e. The first-order valence-electron chi connectivity index (χ1n) is 10.8. The van der Waals surface area contributed by atoms with Crippen molar-refractivity contribution in [1.29, 1.82) is 0 Å². The Hall–Kier alpha value is -2.93. The molecule has 0 aliphatic heterocycles. The van der Waals surface area contributed by atoms with Gasteiger partial charge in [0.25, 0.3) is 8.32 Å². The monoisotopic (exact) mass is 426 g/mol. The third-order valence-electron chi connectivity index (χ3n) is 5.40. The van der Waals surface area contributed by atoms with Crippen molar-refractivity contribution >= 4 is 24.5 Å². The van der Waals surface area contributed by atoms with Crippen LogP contribution in [0.3, 0.4) is 0 Å². The van der Waals surface area contributed by atoms with Crippen LogP contribution in [-0.2, 0) is 9.22 Å². The molecule has 3 heteroatoms. The molecule has 3 aromatic carbocycles. The molecule has 0 atom stereocenters. The Morgan fingerprint density at radius 3 is 1.77 bits per heavy atom. The van der Waals surface area contributed by atoms with Crippen molar-refractivity contribution < 1.29 is 9.22 Å². The van der Waals surface area contributed by atoms with Crippen molar-refractivity contribution in [2.24, 2.45) is 0 Å². The van der Waals surface area contributed by atoms with E-state index >= 15 is 0 Å².